The number of rotatable bonds is 4. The first-order chi connectivity index (χ1) is 11.8. The minimum absolute atomic E-state index is 0.110. The Balaban J connectivity index is 1.38. The summed E-state index contributed by atoms with van der Waals surface area (Å²) in [6, 6.07) is 20.5. The third kappa shape index (κ3) is 1.52. The van der Waals surface area contributed by atoms with Crippen LogP contribution in [0.4, 0.5) is 0 Å². The van der Waals surface area contributed by atoms with Crippen molar-refractivity contribution in [2.24, 2.45) is 22.4 Å². The molecular formula is C21H20N2O. The number of carbonyl (C=O) groups excluding carboxylic acids is 1. The minimum Gasteiger partial charge on any atom is -0.272 e. The van der Waals surface area contributed by atoms with Gasteiger partial charge >= 0.3 is 0 Å². The fourth-order valence-corrected chi connectivity index (χ4v) is 5.69. The molecule has 0 unspecified atom stereocenters. The Morgan fingerprint density at radius 1 is 1.00 bits per heavy atom. The van der Waals surface area contributed by atoms with Crippen molar-refractivity contribution in [2.45, 2.75) is 24.7 Å². The van der Waals surface area contributed by atoms with Crippen LogP contribution in [0.5, 0.6) is 0 Å². The van der Waals surface area contributed by atoms with Crippen molar-refractivity contribution in [3.8, 4) is 0 Å². The molecule has 3 nitrogen and oxygen atoms in total. The van der Waals surface area contributed by atoms with Gasteiger partial charge in [0.25, 0.3) is 0 Å². The molecule has 2 aromatic carbocycles. The van der Waals surface area contributed by atoms with Crippen LogP contribution in [0.15, 0.2) is 65.8 Å². The first kappa shape index (κ1) is 14.0. The van der Waals surface area contributed by atoms with E-state index >= 15 is 0 Å². The quantitative estimate of drug-likeness (QED) is 0.681. The Labute approximate surface area is 141 Å². The van der Waals surface area contributed by atoms with E-state index in [0.29, 0.717) is 11.8 Å². The van der Waals surface area contributed by atoms with Gasteiger partial charge in [0.05, 0.1) is 11.6 Å². The second-order valence-corrected chi connectivity index (χ2v) is 7.25. The molecule has 2 aromatic rings. The summed E-state index contributed by atoms with van der Waals surface area (Å²) in [6.07, 6.45) is 5.31. The van der Waals surface area contributed by atoms with E-state index in [9.17, 15) is 4.79 Å². The van der Waals surface area contributed by atoms with Crippen LogP contribution in [-0.4, -0.2) is 12.1 Å². The Hall–Kier alpha value is -2.42. The number of fused-ring (bicyclic) bond motifs is 2. The molecule has 3 saturated carbocycles. The molecule has 3 fully saturated rings. The van der Waals surface area contributed by atoms with E-state index in [2.05, 4.69) is 34.8 Å². The number of hydrogen-bond donors (Lipinski definition) is 1. The number of amides is 1. The highest BCUT2D eigenvalue weighted by Crippen LogP contribution is 2.97. The number of benzene rings is 2. The molecular weight excluding hydrogens is 296 g/mol. The Morgan fingerprint density at radius 3 is 2.29 bits per heavy atom. The lowest BCUT2D eigenvalue weighted by Gasteiger charge is -2.27. The van der Waals surface area contributed by atoms with E-state index in [0.717, 1.165) is 5.56 Å². The summed E-state index contributed by atoms with van der Waals surface area (Å²) >= 11 is 0. The number of nitrogens with one attached hydrogen (secondary N) is 1. The summed E-state index contributed by atoms with van der Waals surface area (Å²) < 4.78 is 0. The standard InChI is InChI=1S/C21H20N2O/c24-19(23-22-14-15-8-3-1-4-9-15)21-17-12-7-13-18(21)20(17,21)16-10-5-2-6-11-16/h1-6,8-11,14,17-18H,7,12-13H2,(H,23,24)/b22-14+/t17-,18-,20?,21?/m0/s1. The monoisotopic (exact) mass is 316 g/mol. The summed E-state index contributed by atoms with van der Waals surface area (Å²) in [5, 5.41) is 4.20. The van der Waals surface area contributed by atoms with Gasteiger partial charge in [-0.2, -0.15) is 5.10 Å². The van der Waals surface area contributed by atoms with Crippen LogP contribution in [0.2, 0.25) is 0 Å². The SMILES string of the molecule is O=C(N/N=C/c1ccccc1)C12[C@H]3CCC[C@H]1C32c1ccccc1. The smallest absolute Gasteiger partial charge is 0.247 e. The summed E-state index contributed by atoms with van der Waals surface area (Å²) in [7, 11) is 0. The van der Waals surface area contributed by atoms with E-state index in [4.69, 9.17) is 0 Å². The maximum atomic E-state index is 12.9. The van der Waals surface area contributed by atoms with Gasteiger partial charge in [-0.05, 0) is 35.8 Å². The molecule has 24 heavy (non-hydrogen) atoms. The molecule has 0 aromatic heterocycles. The number of hydrazone groups is 1. The molecule has 0 saturated heterocycles. The average molecular weight is 316 g/mol. The van der Waals surface area contributed by atoms with Gasteiger partial charge in [-0.25, -0.2) is 5.43 Å². The molecule has 3 aliphatic rings. The van der Waals surface area contributed by atoms with Crippen LogP contribution in [0.3, 0.4) is 0 Å². The zero-order chi connectivity index (χ0) is 16.2. The predicted molar refractivity (Wildman–Crippen MR) is 93.6 cm³/mol. The van der Waals surface area contributed by atoms with E-state index in [1.54, 1.807) is 6.21 Å². The van der Waals surface area contributed by atoms with Gasteiger partial charge < -0.3 is 0 Å². The van der Waals surface area contributed by atoms with Crippen LogP contribution in [-0.2, 0) is 10.2 Å². The van der Waals surface area contributed by atoms with Gasteiger partial charge in [0.15, 0.2) is 0 Å². The average Bonchev–Trinajstić information content (AvgIpc) is 3.50. The fraction of sp³-hybridized carbons (Fsp3) is 0.333. The van der Waals surface area contributed by atoms with Crippen LogP contribution in [0, 0.1) is 17.3 Å². The zero-order valence-corrected chi connectivity index (χ0v) is 13.5. The lowest BCUT2D eigenvalue weighted by molar-refractivity contribution is -0.126. The van der Waals surface area contributed by atoms with Crippen molar-refractivity contribution >= 4 is 12.1 Å². The van der Waals surface area contributed by atoms with E-state index in [1.807, 2.05) is 36.4 Å². The molecule has 3 heteroatoms. The molecule has 2 atom stereocenters. The summed E-state index contributed by atoms with van der Waals surface area (Å²) in [4.78, 5) is 12.9. The maximum Gasteiger partial charge on any atom is 0.247 e. The number of carbonyl (C=O) groups is 1. The minimum atomic E-state index is -0.180. The fourth-order valence-electron chi connectivity index (χ4n) is 5.69. The van der Waals surface area contributed by atoms with Crippen LogP contribution < -0.4 is 5.43 Å². The largest absolute Gasteiger partial charge is 0.272 e. The second kappa shape index (κ2) is 4.79. The van der Waals surface area contributed by atoms with Crippen molar-refractivity contribution in [1.29, 1.82) is 0 Å². The Kier molecular flexibility index (Phi) is 2.79. The van der Waals surface area contributed by atoms with E-state index in [-0.39, 0.29) is 16.7 Å². The molecule has 0 spiro atoms. The molecule has 0 heterocycles. The Bertz CT molecular complexity index is 800. The summed E-state index contributed by atoms with van der Waals surface area (Å²) in [5.74, 6) is 1.14. The van der Waals surface area contributed by atoms with Gasteiger partial charge in [0.1, 0.15) is 0 Å². The maximum absolute atomic E-state index is 12.9. The van der Waals surface area contributed by atoms with E-state index in [1.165, 1.54) is 24.8 Å². The summed E-state index contributed by atoms with van der Waals surface area (Å²) in [5.41, 5.74) is 5.10. The van der Waals surface area contributed by atoms with Crippen LogP contribution >= 0.6 is 0 Å². The third-order valence-electron chi connectivity index (χ3n) is 6.51. The van der Waals surface area contributed by atoms with Crippen molar-refractivity contribution in [3.05, 3.63) is 71.8 Å². The molecule has 0 radical (unpaired) electrons. The normalized spacial score (nSPS) is 35.3. The van der Waals surface area contributed by atoms with Gasteiger partial charge in [0, 0.05) is 5.41 Å². The Morgan fingerprint density at radius 2 is 1.62 bits per heavy atom. The first-order valence-electron chi connectivity index (χ1n) is 8.77. The lowest BCUT2D eigenvalue weighted by atomic mass is 9.77. The topological polar surface area (TPSA) is 41.5 Å². The van der Waals surface area contributed by atoms with Crippen LogP contribution in [0.25, 0.3) is 0 Å². The lowest BCUT2D eigenvalue weighted by Crippen LogP contribution is -2.31. The first-order valence-corrected chi connectivity index (χ1v) is 8.77. The molecule has 1 N–H and O–H groups in total. The van der Waals surface area contributed by atoms with Gasteiger partial charge in [0.2, 0.25) is 5.91 Å². The van der Waals surface area contributed by atoms with Crippen molar-refractivity contribution in [1.82, 2.24) is 5.43 Å². The number of hydrogen-bond acceptors (Lipinski definition) is 2. The van der Waals surface area contributed by atoms with Crippen molar-refractivity contribution in [2.75, 3.05) is 0 Å². The molecule has 1 amide bonds. The second-order valence-electron chi connectivity index (χ2n) is 7.25. The zero-order valence-electron chi connectivity index (χ0n) is 13.5. The molecule has 0 aliphatic heterocycles. The van der Waals surface area contributed by atoms with Crippen molar-refractivity contribution in [3.63, 3.8) is 0 Å². The third-order valence-corrected chi connectivity index (χ3v) is 6.51. The van der Waals surface area contributed by atoms with Crippen molar-refractivity contribution < 1.29 is 4.79 Å². The highest BCUT2D eigenvalue weighted by molar-refractivity contribution is 5.97. The molecule has 5 rings (SSSR count). The van der Waals surface area contributed by atoms with Crippen LogP contribution in [0.1, 0.15) is 30.4 Å². The number of nitrogens with zero attached hydrogens (tertiary/aromatic N) is 1. The van der Waals surface area contributed by atoms with Gasteiger partial charge in [-0.15, -0.1) is 0 Å². The molecule has 3 aliphatic carbocycles. The van der Waals surface area contributed by atoms with Gasteiger partial charge in [-0.1, -0.05) is 67.1 Å². The summed E-state index contributed by atoms with van der Waals surface area (Å²) in [6.45, 7) is 0. The van der Waals surface area contributed by atoms with E-state index < -0.39 is 0 Å². The highest BCUT2D eigenvalue weighted by Gasteiger charge is 3.01. The molecule has 0 bridgehead atoms. The highest BCUT2D eigenvalue weighted by atomic mass is 16.2. The van der Waals surface area contributed by atoms with Gasteiger partial charge in [-0.3, -0.25) is 4.79 Å². The molecule has 120 valence electrons. The predicted octanol–water partition coefficient (Wildman–Crippen LogP) is 3.50.